The van der Waals surface area contributed by atoms with Crippen molar-refractivity contribution in [3.8, 4) is 0 Å². The van der Waals surface area contributed by atoms with E-state index in [0.717, 1.165) is 0 Å². The monoisotopic (exact) mass is 221 g/mol. The van der Waals surface area contributed by atoms with Gasteiger partial charge in [-0.05, 0) is 12.1 Å². The van der Waals surface area contributed by atoms with Gasteiger partial charge in [0.25, 0.3) is 5.91 Å². The van der Waals surface area contributed by atoms with Gasteiger partial charge in [0.05, 0.1) is 4.99 Å². The van der Waals surface area contributed by atoms with Gasteiger partial charge in [0.1, 0.15) is 0 Å². The van der Waals surface area contributed by atoms with Crippen LogP contribution in [0.1, 0.15) is 31.1 Å². The third-order valence-electron chi connectivity index (χ3n) is 1.94. The molecular formula is C12H15NOS. The molecule has 1 rings (SSSR count). The first-order valence-electron chi connectivity index (χ1n) is 4.82. The van der Waals surface area contributed by atoms with Crippen molar-refractivity contribution < 1.29 is 4.79 Å². The van der Waals surface area contributed by atoms with Crippen LogP contribution in [0.3, 0.4) is 0 Å². The molecule has 15 heavy (non-hydrogen) atoms. The van der Waals surface area contributed by atoms with Crippen LogP contribution < -0.4 is 5.32 Å². The zero-order valence-electron chi connectivity index (χ0n) is 9.20. The van der Waals surface area contributed by atoms with Gasteiger partial charge in [-0.3, -0.25) is 4.79 Å². The average Bonchev–Trinajstić information content (AvgIpc) is 2.17. The Bertz CT molecular complexity index is 365. The number of hydrogen-bond donors (Lipinski definition) is 1. The molecule has 0 aliphatic carbocycles. The molecule has 0 bridgehead atoms. The molecule has 1 aromatic carbocycles. The van der Waals surface area contributed by atoms with Crippen LogP contribution in [0.15, 0.2) is 30.3 Å². The van der Waals surface area contributed by atoms with E-state index < -0.39 is 0 Å². The van der Waals surface area contributed by atoms with E-state index in [1.807, 2.05) is 39.0 Å². The lowest BCUT2D eigenvalue weighted by Gasteiger charge is -2.20. The van der Waals surface area contributed by atoms with E-state index in [9.17, 15) is 4.79 Å². The zero-order valence-corrected chi connectivity index (χ0v) is 10.0. The summed E-state index contributed by atoms with van der Waals surface area (Å²) in [6.45, 7) is 5.92. The average molecular weight is 221 g/mol. The van der Waals surface area contributed by atoms with Crippen LogP contribution in [-0.4, -0.2) is 10.9 Å². The summed E-state index contributed by atoms with van der Waals surface area (Å²) < 4.78 is 0. The van der Waals surface area contributed by atoms with Crippen molar-refractivity contribution in [2.75, 3.05) is 0 Å². The number of hydrogen-bond acceptors (Lipinski definition) is 2. The first-order valence-corrected chi connectivity index (χ1v) is 5.23. The summed E-state index contributed by atoms with van der Waals surface area (Å²) in [5.74, 6) is -0.143. The number of thiocarbonyl (C=S) groups is 1. The van der Waals surface area contributed by atoms with Gasteiger partial charge >= 0.3 is 0 Å². The Morgan fingerprint density at radius 1 is 1.20 bits per heavy atom. The van der Waals surface area contributed by atoms with Crippen molar-refractivity contribution in [3.05, 3.63) is 35.9 Å². The molecule has 2 nitrogen and oxygen atoms in total. The van der Waals surface area contributed by atoms with Crippen molar-refractivity contribution >= 4 is 23.1 Å². The Balaban J connectivity index is 2.70. The third kappa shape index (κ3) is 3.44. The molecule has 0 aromatic heterocycles. The molecule has 1 aromatic rings. The van der Waals surface area contributed by atoms with Crippen molar-refractivity contribution in [1.29, 1.82) is 0 Å². The van der Waals surface area contributed by atoms with Crippen LogP contribution in [0.4, 0.5) is 0 Å². The molecular weight excluding hydrogens is 206 g/mol. The summed E-state index contributed by atoms with van der Waals surface area (Å²) in [6.07, 6.45) is 0. The molecule has 0 spiro atoms. The van der Waals surface area contributed by atoms with Crippen LogP contribution in [-0.2, 0) is 0 Å². The number of benzene rings is 1. The fraction of sp³-hybridized carbons (Fsp3) is 0.333. The highest BCUT2D eigenvalue weighted by Gasteiger charge is 2.19. The molecule has 0 aliphatic heterocycles. The van der Waals surface area contributed by atoms with Gasteiger partial charge in [-0.1, -0.05) is 51.2 Å². The summed E-state index contributed by atoms with van der Waals surface area (Å²) >= 11 is 5.14. The first kappa shape index (κ1) is 11.9. The highest BCUT2D eigenvalue weighted by atomic mass is 32.1. The third-order valence-corrected chi connectivity index (χ3v) is 2.66. The molecule has 0 saturated heterocycles. The van der Waals surface area contributed by atoms with E-state index in [1.54, 1.807) is 12.1 Å². The van der Waals surface area contributed by atoms with Gasteiger partial charge in [0.2, 0.25) is 0 Å². The highest BCUT2D eigenvalue weighted by Crippen LogP contribution is 2.14. The SMILES string of the molecule is CC(C)(C)C(=S)NC(=O)c1ccccc1. The maximum absolute atomic E-state index is 11.7. The number of nitrogens with one attached hydrogen (secondary N) is 1. The van der Waals surface area contributed by atoms with Crippen LogP contribution >= 0.6 is 12.2 Å². The van der Waals surface area contributed by atoms with Gasteiger partial charge in [-0.25, -0.2) is 0 Å². The summed E-state index contributed by atoms with van der Waals surface area (Å²) in [6, 6.07) is 9.06. The Kier molecular flexibility index (Phi) is 3.58. The lowest BCUT2D eigenvalue weighted by molar-refractivity contribution is 0.0975. The lowest BCUT2D eigenvalue weighted by Crippen LogP contribution is -2.37. The van der Waals surface area contributed by atoms with E-state index in [0.29, 0.717) is 10.6 Å². The molecule has 0 unspecified atom stereocenters. The molecule has 0 aliphatic rings. The second-order valence-electron chi connectivity index (χ2n) is 4.40. The van der Waals surface area contributed by atoms with Crippen molar-refractivity contribution in [3.63, 3.8) is 0 Å². The second kappa shape index (κ2) is 4.53. The molecule has 0 fully saturated rings. The Morgan fingerprint density at radius 2 is 1.73 bits per heavy atom. The van der Waals surface area contributed by atoms with Gasteiger partial charge in [-0.2, -0.15) is 0 Å². The number of amides is 1. The Morgan fingerprint density at radius 3 is 2.20 bits per heavy atom. The van der Waals surface area contributed by atoms with Crippen LogP contribution in [0, 0.1) is 5.41 Å². The minimum absolute atomic E-state index is 0.143. The Labute approximate surface area is 95.7 Å². The van der Waals surface area contributed by atoms with Crippen LogP contribution in [0.25, 0.3) is 0 Å². The summed E-state index contributed by atoms with van der Waals surface area (Å²) in [4.78, 5) is 12.3. The topological polar surface area (TPSA) is 29.1 Å². The molecule has 0 atom stereocenters. The van der Waals surface area contributed by atoms with Crippen molar-refractivity contribution in [1.82, 2.24) is 5.32 Å². The molecule has 0 heterocycles. The van der Waals surface area contributed by atoms with Crippen molar-refractivity contribution in [2.45, 2.75) is 20.8 Å². The zero-order chi connectivity index (χ0) is 11.5. The minimum atomic E-state index is -0.181. The summed E-state index contributed by atoms with van der Waals surface area (Å²) in [7, 11) is 0. The Hall–Kier alpha value is -1.22. The molecule has 1 N–H and O–H groups in total. The quantitative estimate of drug-likeness (QED) is 0.739. The fourth-order valence-corrected chi connectivity index (χ4v) is 1.05. The molecule has 0 radical (unpaired) electrons. The molecule has 3 heteroatoms. The van der Waals surface area contributed by atoms with Crippen LogP contribution in [0.5, 0.6) is 0 Å². The lowest BCUT2D eigenvalue weighted by atomic mass is 9.96. The maximum atomic E-state index is 11.7. The smallest absolute Gasteiger partial charge is 0.256 e. The van der Waals surface area contributed by atoms with E-state index in [1.165, 1.54) is 0 Å². The predicted molar refractivity (Wildman–Crippen MR) is 66.0 cm³/mol. The van der Waals surface area contributed by atoms with E-state index in [-0.39, 0.29) is 11.3 Å². The maximum Gasteiger partial charge on any atom is 0.256 e. The van der Waals surface area contributed by atoms with Gasteiger partial charge < -0.3 is 5.32 Å². The standard InChI is InChI=1S/C12H15NOS/c1-12(2,3)11(15)13-10(14)9-7-5-4-6-8-9/h4-8H,1-3H3,(H,13,14,15). The van der Waals surface area contributed by atoms with E-state index in [4.69, 9.17) is 12.2 Å². The van der Waals surface area contributed by atoms with Crippen LogP contribution in [0.2, 0.25) is 0 Å². The highest BCUT2D eigenvalue weighted by molar-refractivity contribution is 7.80. The van der Waals surface area contributed by atoms with E-state index >= 15 is 0 Å². The van der Waals surface area contributed by atoms with Gasteiger partial charge in [-0.15, -0.1) is 0 Å². The molecule has 1 amide bonds. The second-order valence-corrected chi connectivity index (χ2v) is 4.81. The number of carbonyl (C=O) groups excluding carboxylic acids is 1. The number of rotatable bonds is 1. The minimum Gasteiger partial charge on any atom is -0.316 e. The first-order chi connectivity index (χ1) is 6.91. The van der Waals surface area contributed by atoms with Crippen molar-refractivity contribution in [2.24, 2.45) is 5.41 Å². The molecule has 80 valence electrons. The largest absolute Gasteiger partial charge is 0.316 e. The molecule has 0 saturated carbocycles. The van der Waals surface area contributed by atoms with Gasteiger partial charge in [0.15, 0.2) is 0 Å². The fourth-order valence-electron chi connectivity index (χ4n) is 0.952. The summed E-state index contributed by atoms with van der Waals surface area (Å²) in [5.41, 5.74) is 0.448. The normalized spacial score (nSPS) is 10.9. The summed E-state index contributed by atoms with van der Waals surface area (Å²) in [5, 5.41) is 2.73. The van der Waals surface area contributed by atoms with E-state index in [2.05, 4.69) is 5.32 Å². The number of carbonyl (C=O) groups is 1. The predicted octanol–water partition coefficient (Wildman–Crippen LogP) is 2.79. The van der Waals surface area contributed by atoms with Gasteiger partial charge in [0, 0.05) is 11.0 Å².